The fraction of sp³-hybridized carbons (Fsp3) is 0.133. The van der Waals surface area contributed by atoms with E-state index in [0.29, 0.717) is 17.0 Å². The SMILES string of the molecule is Cc1cc(OC(F)F)ccc1NC(=O)Oc1ccccc1. The van der Waals surface area contributed by atoms with Gasteiger partial charge in [-0.3, -0.25) is 5.32 Å². The molecule has 4 nitrogen and oxygen atoms in total. The van der Waals surface area contributed by atoms with E-state index in [0.717, 1.165) is 0 Å². The third-order valence-electron chi connectivity index (χ3n) is 2.61. The molecule has 2 aromatic rings. The number of benzene rings is 2. The minimum Gasteiger partial charge on any atom is -0.435 e. The Hall–Kier alpha value is -2.63. The van der Waals surface area contributed by atoms with Gasteiger partial charge in [-0.25, -0.2) is 4.79 Å². The number of ether oxygens (including phenoxy) is 2. The van der Waals surface area contributed by atoms with Gasteiger partial charge in [0.15, 0.2) is 0 Å². The average Bonchev–Trinajstić information content (AvgIpc) is 2.42. The number of aryl methyl sites for hydroxylation is 1. The van der Waals surface area contributed by atoms with Crippen LogP contribution in [0, 0.1) is 6.92 Å². The van der Waals surface area contributed by atoms with Crippen LogP contribution in [-0.2, 0) is 0 Å². The molecule has 6 heteroatoms. The number of para-hydroxylation sites is 1. The molecule has 0 saturated carbocycles. The predicted octanol–water partition coefficient (Wildman–Crippen LogP) is 4.21. The second kappa shape index (κ2) is 6.69. The maximum atomic E-state index is 12.1. The number of halogens is 2. The molecule has 0 saturated heterocycles. The number of amides is 1. The highest BCUT2D eigenvalue weighted by Gasteiger charge is 2.09. The van der Waals surface area contributed by atoms with Crippen LogP contribution in [0.5, 0.6) is 11.5 Å². The summed E-state index contributed by atoms with van der Waals surface area (Å²) in [4.78, 5) is 11.7. The summed E-state index contributed by atoms with van der Waals surface area (Å²) in [6, 6.07) is 12.8. The number of hydrogen-bond donors (Lipinski definition) is 1. The van der Waals surface area contributed by atoms with Gasteiger partial charge in [0.25, 0.3) is 0 Å². The molecule has 1 N–H and O–H groups in total. The molecule has 0 bridgehead atoms. The molecule has 0 aliphatic rings. The van der Waals surface area contributed by atoms with Crippen molar-refractivity contribution in [3.8, 4) is 11.5 Å². The summed E-state index contributed by atoms with van der Waals surface area (Å²) in [5.74, 6) is 0.440. The quantitative estimate of drug-likeness (QED) is 0.918. The lowest BCUT2D eigenvalue weighted by Crippen LogP contribution is -2.17. The van der Waals surface area contributed by atoms with E-state index in [1.165, 1.54) is 18.2 Å². The Morgan fingerprint density at radius 3 is 2.43 bits per heavy atom. The van der Waals surface area contributed by atoms with E-state index < -0.39 is 12.7 Å². The van der Waals surface area contributed by atoms with Crippen molar-refractivity contribution in [1.29, 1.82) is 0 Å². The Labute approximate surface area is 120 Å². The van der Waals surface area contributed by atoms with Crippen LogP contribution in [0.15, 0.2) is 48.5 Å². The lowest BCUT2D eigenvalue weighted by Gasteiger charge is -2.11. The van der Waals surface area contributed by atoms with E-state index >= 15 is 0 Å². The van der Waals surface area contributed by atoms with Gasteiger partial charge in [0, 0.05) is 5.69 Å². The first kappa shape index (κ1) is 14.8. The topological polar surface area (TPSA) is 47.6 Å². The molecular formula is C15H13F2NO3. The third-order valence-corrected chi connectivity index (χ3v) is 2.61. The molecule has 0 unspecified atom stereocenters. The summed E-state index contributed by atoms with van der Waals surface area (Å²) in [7, 11) is 0. The number of alkyl halides is 2. The lowest BCUT2D eigenvalue weighted by molar-refractivity contribution is -0.0498. The zero-order chi connectivity index (χ0) is 15.2. The maximum Gasteiger partial charge on any atom is 0.417 e. The summed E-state index contributed by atoms with van der Waals surface area (Å²) in [5, 5.41) is 2.54. The average molecular weight is 293 g/mol. The molecular weight excluding hydrogens is 280 g/mol. The van der Waals surface area contributed by atoms with Crippen LogP contribution in [0.25, 0.3) is 0 Å². The van der Waals surface area contributed by atoms with Crippen LogP contribution in [0.2, 0.25) is 0 Å². The van der Waals surface area contributed by atoms with E-state index in [1.807, 2.05) is 0 Å². The molecule has 0 radical (unpaired) electrons. The Bertz CT molecular complexity index is 618. The Morgan fingerprint density at radius 1 is 1.10 bits per heavy atom. The summed E-state index contributed by atoms with van der Waals surface area (Å²) >= 11 is 0. The van der Waals surface area contributed by atoms with Gasteiger partial charge in [-0.1, -0.05) is 18.2 Å². The zero-order valence-corrected chi connectivity index (χ0v) is 11.2. The number of carbonyl (C=O) groups is 1. The summed E-state index contributed by atoms with van der Waals surface area (Å²) in [6.45, 7) is -1.22. The van der Waals surface area contributed by atoms with Gasteiger partial charge in [-0.05, 0) is 42.8 Å². The molecule has 0 atom stereocenters. The second-order valence-corrected chi connectivity index (χ2v) is 4.18. The second-order valence-electron chi connectivity index (χ2n) is 4.18. The fourth-order valence-corrected chi connectivity index (χ4v) is 1.68. The predicted molar refractivity (Wildman–Crippen MR) is 73.9 cm³/mol. The van der Waals surface area contributed by atoms with Crippen LogP contribution >= 0.6 is 0 Å². The Morgan fingerprint density at radius 2 is 1.81 bits per heavy atom. The summed E-state index contributed by atoms with van der Waals surface area (Å²) in [6.07, 6.45) is -0.660. The number of hydrogen-bond acceptors (Lipinski definition) is 3. The molecule has 2 aromatic carbocycles. The molecule has 0 aromatic heterocycles. The van der Waals surface area contributed by atoms with Crippen LogP contribution in [0.1, 0.15) is 5.56 Å². The molecule has 0 heterocycles. The van der Waals surface area contributed by atoms with Crippen molar-refractivity contribution in [2.24, 2.45) is 0 Å². The van der Waals surface area contributed by atoms with Gasteiger partial charge in [0.2, 0.25) is 0 Å². The normalized spacial score (nSPS) is 10.3. The molecule has 1 amide bonds. The van der Waals surface area contributed by atoms with E-state index in [1.54, 1.807) is 37.3 Å². The monoisotopic (exact) mass is 293 g/mol. The highest BCUT2D eigenvalue weighted by atomic mass is 19.3. The van der Waals surface area contributed by atoms with Gasteiger partial charge in [0.1, 0.15) is 11.5 Å². The largest absolute Gasteiger partial charge is 0.435 e. The van der Waals surface area contributed by atoms with Crippen molar-refractivity contribution in [2.45, 2.75) is 13.5 Å². The van der Waals surface area contributed by atoms with Crippen molar-refractivity contribution in [2.75, 3.05) is 5.32 Å². The molecule has 21 heavy (non-hydrogen) atoms. The number of carbonyl (C=O) groups excluding carboxylic acids is 1. The third kappa shape index (κ3) is 4.45. The minimum absolute atomic E-state index is 0.0319. The summed E-state index contributed by atoms with van der Waals surface area (Å²) < 4.78 is 33.5. The van der Waals surface area contributed by atoms with Crippen molar-refractivity contribution in [3.63, 3.8) is 0 Å². The molecule has 0 spiro atoms. The van der Waals surface area contributed by atoms with Crippen LogP contribution < -0.4 is 14.8 Å². The van der Waals surface area contributed by atoms with E-state index in [9.17, 15) is 13.6 Å². The van der Waals surface area contributed by atoms with Gasteiger partial charge >= 0.3 is 12.7 Å². The first-order chi connectivity index (χ1) is 10.0. The van der Waals surface area contributed by atoms with E-state index in [-0.39, 0.29) is 5.75 Å². The van der Waals surface area contributed by atoms with Crippen molar-refractivity contribution in [1.82, 2.24) is 0 Å². The van der Waals surface area contributed by atoms with Crippen molar-refractivity contribution in [3.05, 3.63) is 54.1 Å². The Balaban J connectivity index is 2.01. The first-order valence-corrected chi connectivity index (χ1v) is 6.14. The Kier molecular flexibility index (Phi) is 4.71. The zero-order valence-electron chi connectivity index (χ0n) is 11.2. The van der Waals surface area contributed by atoms with Gasteiger partial charge in [0.05, 0.1) is 0 Å². The molecule has 0 aliphatic heterocycles. The fourth-order valence-electron chi connectivity index (χ4n) is 1.68. The molecule has 0 fully saturated rings. The molecule has 110 valence electrons. The minimum atomic E-state index is -2.88. The van der Waals surface area contributed by atoms with Crippen molar-refractivity contribution >= 4 is 11.8 Å². The van der Waals surface area contributed by atoms with E-state index in [2.05, 4.69) is 10.1 Å². The molecule has 0 aliphatic carbocycles. The van der Waals surface area contributed by atoms with Crippen LogP contribution in [-0.4, -0.2) is 12.7 Å². The van der Waals surface area contributed by atoms with Crippen molar-refractivity contribution < 1.29 is 23.0 Å². The summed E-state index contributed by atoms with van der Waals surface area (Å²) in [5.41, 5.74) is 1.04. The van der Waals surface area contributed by atoms with Gasteiger partial charge in [-0.2, -0.15) is 8.78 Å². The highest BCUT2D eigenvalue weighted by molar-refractivity contribution is 5.87. The van der Waals surface area contributed by atoms with E-state index in [4.69, 9.17) is 4.74 Å². The van der Waals surface area contributed by atoms with Gasteiger partial charge in [-0.15, -0.1) is 0 Å². The standard InChI is InChI=1S/C15H13F2NO3/c1-10-9-12(20-14(16)17)7-8-13(10)18-15(19)21-11-5-3-2-4-6-11/h2-9,14H,1H3,(H,18,19). The van der Waals surface area contributed by atoms with Crippen LogP contribution in [0.4, 0.5) is 19.3 Å². The molecule has 2 rings (SSSR count). The number of rotatable bonds is 4. The van der Waals surface area contributed by atoms with Gasteiger partial charge < -0.3 is 9.47 Å². The lowest BCUT2D eigenvalue weighted by atomic mass is 10.2. The van der Waals surface area contributed by atoms with Crippen LogP contribution in [0.3, 0.4) is 0 Å². The first-order valence-electron chi connectivity index (χ1n) is 6.14. The highest BCUT2D eigenvalue weighted by Crippen LogP contribution is 2.23. The number of anilines is 1. The maximum absolute atomic E-state index is 12.1. The smallest absolute Gasteiger partial charge is 0.417 e. The number of nitrogens with one attached hydrogen (secondary N) is 1.